The number of piperazine rings is 1. The van der Waals surface area contributed by atoms with E-state index in [-0.39, 0.29) is 0 Å². The number of nitrogens with zero attached hydrogens (tertiary/aromatic N) is 2. The topological polar surface area (TPSA) is 18.5 Å². The maximum Gasteiger partial charge on any atom is 0.416 e. The summed E-state index contributed by atoms with van der Waals surface area (Å²) in [5.74, 6) is 0. The Balaban J connectivity index is 2.29. The predicted octanol–water partition coefficient (Wildman–Crippen LogP) is 2.89. The molecule has 0 aromatic heterocycles. The van der Waals surface area contributed by atoms with Gasteiger partial charge in [-0.25, -0.2) is 0 Å². The highest BCUT2D eigenvalue weighted by molar-refractivity contribution is 5.61. The van der Waals surface area contributed by atoms with Crippen LogP contribution >= 0.6 is 0 Å². The maximum atomic E-state index is 13.0. The van der Waals surface area contributed by atoms with Gasteiger partial charge in [0.1, 0.15) is 0 Å². The van der Waals surface area contributed by atoms with Crippen LogP contribution in [0.25, 0.3) is 0 Å². The third-order valence-electron chi connectivity index (χ3n) is 3.49. The average Bonchev–Trinajstić information content (AvgIpc) is 2.38. The van der Waals surface area contributed by atoms with Crippen molar-refractivity contribution in [1.82, 2.24) is 4.90 Å². The van der Waals surface area contributed by atoms with E-state index in [2.05, 4.69) is 10.2 Å². The molecule has 0 aliphatic carbocycles. The highest BCUT2D eigenvalue weighted by atomic mass is 19.4. The standard InChI is InChI=1S/C14H20F3N3/c1-3-18-12-8-11(14(15,16)17)9-13(10-12)20-6-4-19(2)5-7-20/h8-10,18H,3-7H2,1-2H3. The summed E-state index contributed by atoms with van der Waals surface area (Å²) in [5, 5.41) is 2.97. The summed E-state index contributed by atoms with van der Waals surface area (Å²) >= 11 is 0. The van der Waals surface area contributed by atoms with Crippen molar-refractivity contribution in [3.63, 3.8) is 0 Å². The van der Waals surface area contributed by atoms with Crippen molar-refractivity contribution in [3.8, 4) is 0 Å². The molecule has 1 fully saturated rings. The van der Waals surface area contributed by atoms with Crippen LogP contribution in [0.2, 0.25) is 0 Å². The van der Waals surface area contributed by atoms with Crippen molar-refractivity contribution >= 4 is 11.4 Å². The van der Waals surface area contributed by atoms with Crippen LogP contribution < -0.4 is 10.2 Å². The SMILES string of the molecule is CCNc1cc(N2CCN(C)CC2)cc(C(F)(F)F)c1. The zero-order valence-electron chi connectivity index (χ0n) is 11.8. The predicted molar refractivity (Wildman–Crippen MR) is 75.3 cm³/mol. The van der Waals surface area contributed by atoms with Crippen LogP contribution in [0, 0.1) is 0 Å². The Kier molecular flexibility index (Phi) is 4.42. The van der Waals surface area contributed by atoms with Gasteiger partial charge in [-0.2, -0.15) is 13.2 Å². The summed E-state index contributed by atoms with van der Waals surface area (Å²) < 4.78 is 38.9. The van der Waals surface area contributed by atoms with Crippen LogP contribution in [-0.4, -0.2) is 44.7 Å². The van der Waals surface area contributed by atoms with Gasteiger partial charge in [0.05, 0.1) is 5.56 Å². The Morgan fingerprint density at radius 2 is 1.75 bits per heavy atom. The van der Waals surface area contributed by atoms with Gasteiger partial charge in [0.15, 0.2) is 0 Å². The van der Waals surface area contributed by atoms with Crippen molar-refractivity contribution in [2.24, 2.45) is 0 Å². The number of nitrogens with one attached hydrogen (secondary N) is 1. The molecule has 6 heteroatoms. The number of hydrogen-bond acceptors (Lipinski definition) is 3. The molecule has 0 unspecified atom stereocenters. The van der Waals surface area contributed by atoms with E-state index in [1.54, 1.807) is 6.07 Å². The van der Waals surface area contributed by atoms with E-state index in [9.17, 15) is 13.2 Å². The normalized spacial score (nSPS) is 17.4. The summed E-state index contributed by atoms with van der Waals surface area (Å²) in [6, 6.07) is 4.21. The van der Waals surface area contributed by atoms with E-state index in [1.165, 1.54) is 12.1 Å². The van der Waals surface area contributed by atoms with Crippen LogP contribution in [0.3, 0.4) is 0 Å². The van der Waals surface area contributed by atoms with Gasteiger partial charge in [0.2, 0.25) is 0 Å². The number of anilines is 2. The third kappa shape index (κ3) is 3.56. The molecule has 112 valence electrons. The molecule has 0 bridgehead atoms. The van der Waals surface area contributed by atoms with Gasteiger partial charge in [-0.15, -0.1) is 0 Å². The van der Waals surface area contributed by atoms with Crippen LogP contribution in [0.15, 0.2) is 18.2 Å². The van der Waals surface area contributed by atoms with E-state index in [1.807, 2.05) is 18.9 Å². The van der Waals surface area contributed by atoms with Crippen molar-refractivity contribution in [2.45, 2.75) is 13.1 Å². The molecule has 0 radical (unpaired) electrons. The molecular formula is C14H20F3N3. The first-order valence-electron chi connectivity index (χ1n) is 6.80. The highest BCUT2D eigenvalue weighted by Gasteiger charge is 2.32. The Bertz CT molecular complexity index is 451. The Morgan fingerprint density at radius 3 is 2.30 bits per heavy atom. The molecule has 1 saturated heterocycles. The van der Waals surface area contributed by atoms with Crippen LogP contribution in [0.1, 0.15) is 12.5 Å². The fourth-order valence-corrected chi connectivity index (χ4v) is 2.33. The van der Waals surface area contributed by atoms with E-state index >= 15 is 0 Å². The largest absolute Gasteiger partial charge is 0.416 e. The van der Waals surface area contributed by atoms with Gasteiger partial charge in [-0.1, -0.05) is 0 Å². The van der Waals surface area contributed by atoms with Crippen molar-refractivity contribution in [3.05, 3.63) is 23.8 Å². The average molecular weight is 287 g/mol. The number of halogens is 3. The van der Waals surface area contributed by atoms with Gasteiger partial charge in [-0.3, -0.25) is 0 Å². The summed E-state index contributed by atoms with van der Waals surface area (Å²) in [6.45, 7) is 5.71. The molecule has 0 saturated carbocycles. The second-order valence-corrected chi connectivity index (χ2v) is 5.09. The molecule has 3 nitrogen and oxygen atoms in total. The van der Waals surface area contributed by atoms with E-state index in [0.717, 1.165) is 26.2 Å². The zero-order valence-corrected chi connectivity index (χ0v) is 11.8. The van der Waals surface area contributed by atoms with Gasteiger partial charge >= 0.3 is 6.18 Å². The van der Waals surface area contributed by atoms with E-state index < -0.39 is 11.7 Å². The number of likely N-dealkylation sites (N-methyl/N-ethyl adjacent to an activating group) is 1. The molecular weight excluding hydrogens is 267 g/mol. The second-order valence-electron chi connectivity index (χ2n) is 5.09. The van der Waals surface area contributed by atoms with Gasteiger partial charge in [0, 0.05) is 44.1 Å². The smallest absolute Gasteiger partial charge is 0.385 e. The Morgan fingerprint density at radius 1 is 1.10 bits per heavy atom. The third-order valence-corrected chi connectivity index (χ3v) is 3.49. The molecule has 1 aliphatic rings. The molecule has 0 atom stereocenters. The summed E-state index contributed by atoms with van der Waals surface area (Å²) in [7, 11) is 2.02. The lowest BCUT2D eigenvalue weighted by Crippen LogP contribution is -2.44. The Labute approximate surface area is 117 Å². The van der Waals surface area contributed by atoms with E-state index in [0.29, 0.717) is 17.9 Å². The van der Waals surface area contributed by atoms with Crippen LogP contribution in [0.5, 0.6) is 0 Å². The number of hydrogen-bond donors (Lipinski definition) is 1. The van der Waals surface area contributed by atoms with Gasteiger partial charge < -0.3 is 15.1 Å². The van der Waals surface area contributed by atoms with Crippen molar-refractivity contribution in [1.29, 1.82) is 0 Å². The fourth-order valence-electron chi connectivity index (χ4n) is 2.33. The lowest BCUT2D eigenvalue weighted by Gasteiger charge is -2.34. The molecule has 1 aromatic rings. The van der Waals surface area contributed by atoms with Crippen LogP contribution in [0.4, 0.5) is 24.5 Å². The molecule has 1 aromatic carbocycles. The maximum absolute atomic E-state index is 13.0. The van der Waals surface area contributed by atoms with Crippen molar-refractivity contribution in [2.75, 3.05) is 50.0 Å². The minimum absolute atomic E-state index is 0.524. The molecule has 1 N–H and O–H groups in total. The summed E-state index contributed by atoms with van der Waals surface area (Å²) in [6.07, 6.45) is -4.31. The van der Waals surface area contributed by atoms with E-state index in [4.69, 9.17) is 0 Å². The number of benzene rings is 1. The molecule has 0 spiro atoms. The van der Waals surface area contributed by atoms with Crippen molar-refractivity contribution < 1.29 is 13.2 Å². The quantitative estimate of drug-likeness (QED) is 0.922. The fraction of sp³-hybridized carbons (Fsp3) is 0.571. The number of alkyl halides is 3. The van der Waals surface area contributed by atoms with Crippen LogP contribution in [-0.2, 0) is 6.18 Å². The van der Waals surface area contributed by atoms with Gasteiger partial charge in [0.25, 0.3) is 0 Å². The molecule has 1 heterocycles. The monoisotopic (exact) mass is 287 g/mol. The van der Waals surface area contributed by atoms with Gasteiger partial charge in [-0.05, 0) is 32.2 Å². The summed E-state index contributed by atoms with van der Waals surface area (Å²) in [5.41, 5.74) is 0.574. The Hall–Kier alpha value is -1.43. The molecule has 0 amide bonds. The first kappa shape index (κ1) is 15.0. The minimum atomic E-state index is -4.31. The molecule has 1 aliphatic heterocycles. The molecule has 20 heavy (non-hydrogen) atoms. The second kappa shape index (κ2) is 5.91. The number of rotatable bonds is 3. The first-order valence-corrected chi connectivity index (χ1v) is 6.80. The highest BCUT2D eigenvalue weighted by Crippen LogP contribution is 2.34. The first-order chi connectivity index (χ1) is 9.40. The zero-order chi connectivity index (χ0) is 14.8. The summed E-state index contributed by atoms with van der Waals surface area (Å²) in [4.78, 5) is 4.19. The minimum Gasteiger partial charge on any atom is -0.385 e. The molecule has 2 rings (SSSR count). The lowest BCUT2D eigenvalue weighted by atomic mass is 10.1. The lowest BCUT2D eigenvalue weighted by molar-refractivity contribution is -0.137.